The molecule has 1 aromatic heterocycles. The summed E-state index contributed by atoms with van der Waals surface area (Å²) in [5.74, 6) is 1.06. The maximum Gasteiger partial charge on any atom is 0.0946 e. The number of rotatable bonds is 7. The van der Waals surface area contributed by atoms with Crippen LogP contribution in [0.15, 0.2) is 33.6 Å². The van der Waals surface area contributed by atoms with Gasteiger partial charge in [0.2, 0.25) is 0 Å². The maximum absolute atomic E-state index is 4.66. The number of hydrogen-bond donors (Lipinski definition) is 1. The molecule has 0 saturated heterocycles. The summed E-state index contributed by atoms with van der Waals surface area (Å²) in [6.07, 6.45) is 1.01. The Balaban J connectivity index is 1.93. The van der Waals surface area contributed by atoms with Crippen LogP contribution in [0, 0.1) is 13.8 Å². The predicted molar refractivity (Wildman–Crippen MR) is 97.6 cm³/mol. The van der Waals surface area contributed by atoms with Crippen LogP contribution in [0.25, 0.3) is 0 Å². The molecule has 1 heterocycles. The smallest absolute Gasteiger partial charge is 0.0946 e. The minimum Gasteiger partial charge on any atom is -0.313 e. The summed E-state index contributed by atoms with van der Waals surface area (Å²) >= 11 is 7.20. The van der Waals surface area contributed by atoms with Gasteiger partial charge in [0.15, 0.2) is 0 Å². The lowest BCUT2D eigenvalue weighted by molar-refractivity contribution is 0.571. The van der Waals surface area contributed by atoms with Crippen LogP contribution in [0.5, 0.6) is 0 Å². The van der Waals surface area contributed by atoms with Gasteiger partial charge in [-0.15, -0.1) is 23.1 Å². The van der Waals surface area contributed by atoms with E-state index in [0.717, 1.165) is 23.2 Å². The van der Waals surface area contributed by atoms with Crippen molar-refractivity contribution in [1.29, 1.82) is 0 Å². The van der Waals surface area contributed by atoms with E-state index in [4.69, 9.17) is 0 Å². The van der Waals surface area contributed by atoms with Gasteiger partial charge in [-0.1, -0.05) is 22.9 Å². The topological polar surface area (TPSA) is 24.9 Å². The van der Waals surface area contributed by atoms with Crippen LogP contribution in [0.3, 0.4) is 0 Å². The fourth-order valence-electron chi connectivity index (χ4n) is 2.04. The average Bonchev–Trinajstić information content (AvgIpc) is 2.76. The first-order valence-electron chi connectivity index (χ1n) is 7.13. The highest BCUT2D eigenvalue weighted by Crippen LogP contribution is 2.23. The van der Waals surface area contributed by atoms with Gasteiger partial charge in [-0.05, 0) is 44.7 Å². The number of likely N-dealkylation sites (N-methyl/N-ethyl adjacent to an activating group) is 1. The van der Waals surface area contributed by atoms with Gasteiger partial charge in [-0.2, -0.15) is 0 Å². The number of thiazole rings is 1. The standard InChI is InChI=1S/C16H21BrN2S2/c1-4-18-14(9-16-19-11(2)12(3)21-16)10-20-15-7-5-13(17)6-8-15/h5-8,14,18H,4,9-10H2,1-3H3. The predicted octanol–water partition coefficient (Wildman–Crippen LogP) is 4.84. The van der Waals surface area contributed by atoms with E-state index in [2.05, 4.69) is 71.3 Å². The molecule has 5 heteroatoms. The molecule has 0 spiro atoms. The summed E-state index contributed by atoms with van der Waals surface area (Å²) < 4.78 is 1.13. The van der Waals surface area contributed by atoms with Crippen molar-refractivity contribution in [3.8, 4) is 0 Å². The van der Waals surface area contributed by atoms with Crippen LogP contribution in [0.4, 0.5) is 0 Å². The van der Waals surface area contributed by atoms with Gasteiger partial charge < -0.3 is 5.32 Å². The molecule has 2 nitrogen and oxygen atoms in total. The number of aryl methyl sites for hydroxylation is 2. The molecular weight excluding hydrogens is 364 g/mol. The number of thioether (sulfide) groups is 1. The minimum atomic E-state index is 0.466. The second-order valence-corrected chi connectivity index (χ2v) is 8.27. The summed E-state index contributed by atoms with van der Waals surface area (Å²) in [4.78, 5) is 7.31. The summed E-state index contributed by atoms with van der Waals surface area (Å²) in [5, 5.41) is 4.82. The SMILES string of the molecule is CCNC(CSc1ccc(Br)cc1)Cc1nc(C)c(C)s1. The van der Waals surface area contributed by atoms with Crippen molar-refractivity contribution in [3.05, 3.63) is 44.3 Å². The zero-order valence-corrected chi connectivity index (χ0v) is 15.9. The van der Waals surface area contributed by atoms with Gasteiger partial charge in [0.05, 0.1) is 10.7 Å². The van der Waals surface area contributed by atoms with Crippen molar-refractivity contribution >= 4 is 39.0 Å². The van der Waals surface area contributed by atoms with Gasteiger partial charge in [0.25, 0.3) is 0 Å². The zero-order valence-electron chi connectivity index (χ0n) is 12.6. The molecule has 0 fully saturated rings. The van der Waals surface area contributed by atoms with Crippen LogP contribution in [-0.4, -0.2) is 23.3 Å². The largest absolute Gasteiger partial charge is 0.313 e. The lowest BCUT2D eigenvalue weighted by atomic mass is 10.2. The Morgan fingerprint density at radius 3 is 2.57 bits per heavy atom. The van der Waals surface area contributed by atoms with Crippen LogP contribution in [-0.2, 0) is 6.42 Å². The van der Waals surface area contributed by atoms with Crippen LogP contribution in [0.2, 0.25) is 0 Å². The Morgan fingerprint density at radius 2 is 2.00 bits per heavy atom. The molecule has 0 saturated carbocycles. The van der Waals surface area contributed by atoms with Crippen LogP contribution >= 0.6 is 39.0 Å². The zero-order chi connectivity index (χ0) is 15.2. The highest BCUT2D eigenvalue weighted by atomic mass is 79.9. The van der Waals surface area contributed by atoms with Crippen molar-refractivity contribution in [1.82, 2.24) is 10.3 Å². The van der Waals surface area contributed by atoms with Crippen molar-refractivity contribution in [2.45, 2.75) is 38.1 Å². The fourth-order valence-corrected chi connectivity index (χ4v) is 4.28. The second kappa shape index (κ2) is 8.32. The summed E-state index contributed by atoms with van der Waals surface area (Å²) in [5.41, 5.74) is 1.17. The number of aromatic nitrogens is 1. The summed E-state index contributed by atoms with van der Waals surface area (Å²) in [6.45, 7) is 7.40. The fraction of sp³-hybridized carbons (Fsp3) is 0.438. The van der Waals surface area contributed by atoms with Crippen molar-refractivity contribution < 1.29 is 0 Å². The maximum atomic E-state index is 4.66. The third-order valence-corrected chi connectivity index (χ3v) is 6.05. The van der Waals surface area contributed by atoms with Crippen LogP contribution < -0.4 is 5.32 Å². The first-order chi connectivity index (χ1) is 10.1. The van der Waals surface area contributed by atoms with E-state index >= 15 is 0 Å². The molecule has 0 amide bonds. The number of nitrogens with one attached hydrogen (secondary N) is 1. The molecule has 0 aliphatic heterocycles. The molecule has 2 aromatic rings. The van der Waals surface area contributed by atoms with E-state index in [-0.39, 0.29) is 0 Å². The molecule has 1 atom stereocenters. The molecule has 0 radical (unpaired) electrons. The minimum absolute atomic E-state index is 0.466. The lowest BCUT2D eigenvalue weighted by Crippen LogP contribution is -2.33. The number of nitrogens with zero attached hydrogens (tertiary/aromatic N) is 1. The van der Waals surface area contributed by atoms with Crippen molar-refractivity contribution in [2.75, 3.05) is 12.3 Å². The number of halogens is 1. The van der Waals surface area contributed by atoms with E-state index in [1.807, 2.05) is 23.1 Å². The molecule has 2 rings (SSSR count). The molecular formula is C16H21BrN2S2. The molecule has 0 bridgehead atoms. The van der Waals surface area contributed by atoms with Gasteiger partial charge in [0, 0.05) is 32.5 Å². The Kier molecular flexibility index (Phi) is 6.74. The number of hydrogen-bond acceptors (Lipinski definition) is 4. The summed E-state index contributed by atoms with van der Waals surface area (Å²) in [6, 6.07) is 8.98. The van der Waals surface area contributed by atoms with E-state index in [1.54, 1.807) is 0 Å². The van der Waals surface area contributed by atoms with E-state index < -0.39 is 0 Å². The first-order valence-corrected chi connectivity index (χ1v) is 9.72. The highest BCUT2D eigenvalue weighted by Gasteiger charge is 2.13. The molecule has 0 aliphatic rings. The Bertz CT molecular complexity index is 547. The quantitative estimate of drug-likeness (QED) is 0.691. The molecule has 1 N–H and O–H groups in total. The normalized spacial score (nSPS) is 12.6. The van der Waals surface area contributed by atoms with E-state index in [9.17, 15) is 0 Å². The molecule has 114 valence electrons. The van der Waals surface area contributed by atoms with Crippen molar-refractivity contribution in [3.63, 3.8) is 0 Å². The molecule has 1 aromatic carbocycles. The Morgan fingerprint density at radius 1 is 1.29 bits per heavy atom. The van der Waals surface area contributed by atoms with Gasteiger partial charge in [-0.3, -0.25) is 0 Å². The van der Waals surface area contributed by atoms with E-state index in [1.165, 1.54) is 20.5 Å². The third kappa shape index (κ3) is 5.40. The molecule has 0 aliphatic carbocycles. The highest BCUT2D eigenvalue weighted by molar-refractivity contribution is 9.10. The monoisotopic (exact) mass is 384 g/mol. The van der Waals surface area contributed by atoms with E-state index in [0.29, 0.717) is 6.04 Å². The molecule has 1 unspecified atom stereocenters. The van der Waals surface area contributed by atoms with Crippen molar-refractivity contribution in [2.24, 2.45) is 0 Å². The van der Waals surface area contributed by atoms with Gasteiger partial charge in [0.1, 0.15) is 0 Å². The van der Waals surface area contributed by atoms with Crippen LogP contribution in [0.1, 0.15) is 22.5 Å². The Hall–Kier alpha value is -0.360. The second-order valence-electron chi connectivity index (χ2n) is 4.97. The first kappa shape index (κ1) is 17.0. The Labute approximate surface area is 143 Å². The third-order valence-electron chi connectivity index (χ3n) is 3.25. The molecule has 21 heavy (non-hydrogen) atoms. The average molecular weight is 385 g/mol. The summed E-state index contributed by atoms with van der Waals surface area (Å²) in [7, 11) is 0. The van der Waals surface area contributed by atoms with Gasteiger partial charge >= 0.3 is 0 Å². The van der Waals surface area contributed by atoms with Gasteiger partial charge in [-0.25, -0.2) is 4.98 Å². The number of benzene rings is 1. The lowest BCUT2D eigenvalue weighted by Gasteiger charge is -2.16.